The van der Waals surface area contributed by atoms with Gasteiger partial charge in [-0.25, -0.2) is 0 Å². The zero-order chi connectivity index (χ0) is 15.2. The van der Waals surface area contributed by atoms with Gasteiger partial charge >= 0.3 is 0 Å². The molecule has 2 aromatic carbocycles. The minimum atomic E-state index is -0.430. The second kappa shape index (κ2) is 6.99. The maximum absolute atomic E-state index is 10.7. The van der Waals surface area contributed by atoms with Crippen LogP contribution in [0.25, 0.3) is 0 Å². The van der Waals surface area contributed by atoms with E-state index in [1.807, 2.05) is 24.3 Å². The quantitative estimate of drug-likeness (QED) is 0.454. The van der Waals surface area contributed by atoms with Crippen molar-refractivity contribution in [2.24, 2.45) is 5.16 Å². The zero-order valence-electron chi connectivity index (χ0n) is 11.3. The molecule has 0 aliphatic carbocycles. The van der Waals surface area contributed by atoms with Crippen LogP contribution in [0.15, 0.2) is 58.2 Å². The molecule has 0 aliphatic heterocycles. The van der Waals surface area contributed by atoms with Gasteiger partial charge in [-0.15, -0.1) is 0 Å². The molecule has 0 saturated carbocycles. The average molecular weight is 349 g/mol. The Morgan fingerprint density at radius 2 is 2.05 bits per heavy atom. The summed E-state index contributed by atoms with van der Waals surface area (Å²) in [5, 5.41) is 14.7. The zero-order valence-corrected chi connectivity index (χ0v) is 12.9. The molecule has 0 spiro atoms. The Labute approximate surface area is 130 Å². The first kappa shape index (κ1) is 15.2. The third kappa shape index (κ3) is 4.13. The highest BCUT2D eigenvalue weighted by atomic mass is 79.9. The van der Waals surface area contributed by atoms with Gasteiger partial charge in [-0.05, 0) is 13.0 Å². The molecule has 0 radical (unpaired) electrons. The highest BCUT2D eigenvalue weighted by Crippen LogP contribution is 2.22. The molecule has 0 saturated heterocycles. The molecule has 2 aromatic rings. The maximum atomic E-state index is 10.7. The number of rotatable bonds is 5. The van der Waals surface area contributed by atoms with Crippen LogP contribution in [-0.4, -0.2) is 11.1 Å². The molecule has 108 valence electrons. The molecule has 0 aliphatic rings. The van der Waals surface area contributed by atoms with Crippen molar-refractivity contribution in [2.45, 2.75) is 13.0 Å². The summed E-state index contributed by atoms with van der Waals surface area (Å²) >= 11 is 3.41. The van der Waals surface area contributed by atoms with Crippen molar-refractivity contribution in [2.75, 3.05) is 0 Å². The Morgan fingerprint density at radius 3 is 2.76 bits per heavy atom. The molecule has 5 nitrogen and oxygen atoms in total. The van der Waals surface area contributed by atoms with Crippen LogP contribution >= 0.6 is 15.9 Å². The molecule has 2 rings (SSSR count). The van der Waals surface area contributed by atoms with E-state index in [0.29, 0.717) is 5.56 Å². The average Bonchev–Trinajstić information content (AvgIpc) is 2.49. The van der Waals surface area contributed by atoms with E-state index in [2.05, 4.69) is 21.1 Å². The summed E-state index contributed by atoms with van der Waals surface area (Å²) in [6.45, 7) is 1.79. The Balaban J connectivity index is 2.05. The summed E-state index contributed by atoms with van der Waals surface area (Å²) in [7, 11) is 0. The molecule has 1 atom stereocenters. The van der Waals surface area contributed by atoms with Crippen molar-refractivity contribution in [3.63, 3.8) is 0 Å². The van der Waals surface area contributed by atoms with Crippen molar-refractivity contribution in [3.05, 3.63) is 74.2 Å². The van der Waals surface area contributed by atoms with Gasteiger partial charge in [0.2, 0.25) is 0 Å². The van der Waals surface area contributed by atoms with Crippen LogP contribution in [0.2, 0.25) is 0 Å². The fourth-order valence-corrected chi connectivity index (χ4v) is 2.10. The summed E-state index contributed by atoms with van der Waals surface area (Å²) in [5.41, 5.74) is 1.63. The van der Waals surface area contributed by atoms with Gasteiger partial charge in [0, 0.05) is 27.7 Å². The predicted molar refractivity (Wildman–Crippen MR) is 84.3 cm³/mol. The highest BCUT2D eigenvalue weighted by Gasteiger charge is 2.11. The summed E-state index contributed by atoms with van der Waals surface area (Å²) in [6, 6.07) is 13.9. The van der Waals surface area contributed by atoms with Gasteiger partial charge in [-0.3, -0.25) is 10.1 Å². The monoisotopic (exact) mass is 348 g/mol. The van der Waals surface area contributed by atoms with Crippen LogP contribution in [0, 0.1) is 10.1 Å². The molecule has 0 amide bonds. The Bertz CT molecular complexity index is 673. The van der Waals surface area contributed by atoms with Gasteiger partial charge in [0.25, 0.3) is 5.69 Å². The van der Waals surface area contributed by atoms with E-state index < -0.39 is 4.92 Å². The number of hydrogen-bond acceptors (Lipinski definition) is 4. The molecule has 6 heteroatoms. The lowest BCUT2D eigenvalue weighted by Crippen LogP contribution is -1.97. The Kier molecular flexibility index (Phi) is 5.05. The lowest BCUT2D eigenvalue weighted by molar-refractivity contribution is -0.385. The number of hydrogen-bond donors (Lipinski definition) is 0. The van der Waals surface area contributed by atoms with Crippen molar-refractivity contribution >= 4 is 27.8 Å². The van der Waals surface area contributed by atoms with Gasteiger partial charge < -0.3 is 4.84 Å². The van der Waals surface area contributed by atoms with E-state index in [1.54, 1.807) is 25.3 Å². The van der Waals surface area contributed by atoms with Gasteiger partial charge in [0.1, 0.15) is 6.10 Å². The van der Waals surface area contributed by atoms with Crippen LogP contribution in [0.4, 0.5) is 5.69 Å². The smallest absolute Gasteiger partial charge is 0.269 e. The van der Waals surface area contributed by atoms with Crippen LogP contribution < -0.4 is 0 Å². The van der Waals surface area contributed by atoms with Gasteiger partial charge in [-0.2, -0.15) is 0 Å². The summed E-state index contributed by atoms with van der Waals surface area (Å²) in [4.78, 5) is 15.7. The standard InChI is InChI=1S/C15H13BrN2O3/c1-11(12-6-4-7-14(9-12)18(19)20)21-17-10-13-5-2-3-8-15(13)16/h2-11H,1H3/b17-10-/t11-/m1/s1. The minimum absolute atomic E-state index is 0.0396. The van der Waals surface area contributed by atoms with Crippen molar-refractivity contribution in [3.8, 4) is 0 Å². The van der Waals surface area contributed by atoms with Gasteiger partial charge in [-0.1, -0.05) is 51.4 Å². The highest BCUT2D eigenvalue weighted by molar-refractivity contribution is 9.10. The first-order valence-electron chi connectivity index (χ1n) is 6.26. The number of benzene rings is 2. The third-order valence-corrected chi connectivity index (χ3v) is 3.59. The summed E-state index contributed by atoms with van der Waals surface area (Å²) < 4.78 is 0.917. The number of non-ortho nitro benzene ring substituents is 1. The molecule has 0 N–H and O–H groups in total. The van der Waals surface area contributed by atoms with Crippen LogP contribution in [0.1, 0.15) is 24.2 Å². The molecular weight excluding hydrogens is 336 g/mol. The molecular formula is C15H13BrN2O3. The second-order valence-corrected chi connectivity index (χ2v) is 5.21. The van der Waals surface area contributed by atoms with E-state index in [1.165, 1.54) is 12.1 Å². The first-order chi connectivity index (χ1) is 10.1. The Morgan fingerprint density at radius 1 is 1.29 bits per heavy atom. The number of nitro groups is 1. The van der Waals surface area contributed by atoms with E-state index >= 15 is 0 Å². The molecule has 0 bridgehead atoms. The first-order valence-corrected chi connectivity index (χ1v) is 7.05. The molecule has 21 heavy (non-hydrogen) atoms. The summed E-state index contributed by atoms with van der Waals surface area (Å²) in [6.07, 6.45) is 1.22. The summed E-state index contributed by atoms with van der Waals surface area (Å²) in [5.74, 6) is 0. The molecule has 0 heterocycles. The second-order valence-electron chi connectivity index (χ2n) is 4.36. The SMILES string of the molecule is C[C@@H](O/N=C\c1ccccc1Br)c1cccc([N+](=O)[O-])c1. The van der Waals surface area contributed by atoms with Crippen molar-refractivity contribution in [1.82, 2.24) is 0 Å². The lowest BCUT2D eigenvalue weighted by Gasteiger charge is -2.09. The van der Waals surface area contributed by atoms with Crippen LogP contribution in [-0.2, 0) is 4.84 Å². The maximum Gasteiger partial charge on any atom is 0.269 e. The number of oxime groups is 1. The molecule has 0 aromatic heterocycles. The number of nitro benzene ring substituents is 1. The fourth-order valence-electron chi connectivity index (χ4n) is 1.71. The number of nitrogens with zero attached hydrogens (tertiary/aromatic N) is 2. The normalized spacial score (nSPS) is 12.3. The van der Waals surface area contributed by atoms with E-state index in [0.717, 1.165) is 10.0 Å². The fraction of sp³-hybridized carbons (Fsp3) is 0.133. The number of halogens is 1. The lowest BCUT2D eigenvalue weighted by atomic mass is 10.1. The van der Waals surface area contributed by atoms with E-state index in [9.17, 15) is 10.1 Å². The molecule has 0 fully saturated rings. The van der Waals surface area contributed by atoms with Gasteiger partial charge in [0.15, 0.2) is 0 Å². The van der Waals surface area contributed by atoms with Crippen molar-refractivity contribution < 1.29 is 9.76 Å². The van der Waals surface area contributed by atoms with E-state index in [4.69, 9.17) is 4.84 Å². The van der Waals surface area contributed by atoms with Gasteiger partial charge in [0.05, 0.1) is 11.1 Å². The van der Waals surface area contributed by atoms with E-state index in [-0.39, 0.29) is 11.8 Å². The largest absolute Gasteiger partial charge is 0.388 e. The predicted octanol–water partition coefficient (Wildman–Crippen LogP) is 4.47. The Hall–Kier alpha value is -2.21. The minimum Gasteiger partial charge on any atom is -0.388 e. The topological polar surface area (TPSA) is 64.7 Å². The van der Waals surface area contributed by atoms with Crippen molar-refractivity contribution in [1.29, 1.82) is 0 Å². The molecule has 0 unspecified atom stereocenters. The van der Waals surface area contributed by atoms with Crippen LogP contribution in [0.3, 0.4) is 0 Å². The van der Waals surface area contributed by atoms with Crippen LogP contribution in [0.5, 0.6) is 0 Å². The third-order valence-electron chi connectivity index (χ3n) is 2.87.